The van der Waals surface area contributed by atoms with Crippen molar-refractivity contribution in [3.8, 4) is 0 Å². The zero-order chi connectivity index (χ0) is 13.2. The van der Waals surface area contributed by atoms with Crippen molar-refractivity contribution < 1.29 is 9.59 Å². The summed E-state index contributed by atoms with van der Waals surface area (Å²) in [6.45, 7) is 0. The number of carbonyl (C=O) groups is 2. The number of anilines is 2. The smallest absolute Gasteiger partial charge is 0.255 e. The number of fused-ring (bicyclic) bond motifs is 1. The summed E-state index contributed by atoms with van der Waals surface area (Å²) >= 11 is 0. The van der Waals surface area contributed by atoms with Crippen LogP contribution in [0.3, 0.4) is 0 Å². The van der Waals surface area contributed by atoms with Crippen molar-refractivity contribution in [1.29, 1.82) is 0 Å². The molecular formula is C15H12N2O2. The molecule has 0 atom stereocenters. The molecule has 0 aliphatic carbocycles. The molecule has 3 rings (SSSR count). The van der Waals surface area contributed by atoms with Crippen LogP contribution in [0.25, 0.3) is 0 Å². The minimum atomic E-state index is -0.155. The van der Waals surface area contributed by atoms with E-state index in [9.17, 15) is 9.59 Å². The first kappa shape index (κ1) is 11.5. The van der Waals surface area contributed by atoms with Crippen LogP contribution >= 0.6 is 0 Å². The number of rotatable bonds is 2. The molecule has 0 spiro atoms. The van der Waals surface area contributed by atoms with Crippen molar-refractivity contribution in [3.63, 3.8) is 0 Å². The summed E-state index contributed by atoms with van der Waals surface area (Å²) in [4.78, 5) is 23.2. The van der Waals surface area contributed by atoms with Crippen LogP contribution < -0.4 is 10.6 Å². The van der Waals surface area contributed by atoms with Crippen molar-refractivity contribution in [2.45, 2.75) is 6.42 Å². The summed E-state index contributed by atoms with van der Waals surface area (Å²) < 4.78 is 0. The number of hydrogen-bond acceptors (Lipinski definition) is 2. The van der Waals surface area contributed by atoms with Crippen molar-refractivity contribution in [2.75, 3.05) is 10.6 Å². The van der Waals surface area contributed by atoms with Crippen LogP contribution in [0.4, 0.5) is 11.4 Å². The summed E-state index contributed by atoms with van der Waals surface area (Å²) in [5, 5.41) is 5.58. The Hall–Kier alpha value is -2.62. The predicted octanol–water partition coefficient (Wildman–Crippen LogP) is 2.43. The monoisotopic (exact) mass is 252 g/mol. The van der Waals surface area contributed by atoms with Gasteiger partial charge in [-0.25, -0.2) is 0 Å². The molecule has 1 aliphatic heterocycles. The molecule has 0 bridgehead atoms. The SMILES string of the molecule is O=C1Cc2cc(NC(=O)c3ccccc3)ccc2N1. The maximum absolute atomic E-state index is 12.0. The van der Waals surface area contributed by atoms with Crippen LogP contribution in [-0.2, 0) is 11.2 Å². The Morgan fingerprint density at radius 1 is 1.11 bits per heavy atom. The lowest BCUT2D eigenvalue weighted by Crippen LogP contribution is -2.11. The van der Waals surface area contributed by atoms with E-state index in [4.69, 9.17) is 0 Å². The third-order valence-electron chi connectivity index (χ3n) is 3.02. The average Bonchev–Trinajstić information content (AvgIpc) is 2.79. The highest BCUT2D eigenvalue weighted by Gasteiger charge is 2.17. The third kappa shape index (κ3) is 2.33. The fraction of sp³-hybridized carbons (Fsp3) is 0.0667. The molecular weight excluding hydrogens is 240 g/mol. The third-order valence-corrected chi connectivity index (χ3v) is 3.02. The predicted molar refractivity (Wildman–Crippen MR) is 73.2 cm³/mol. The fourth-order valence-electron chi connectivity index (χ4n) is 2.10. The lowest BCUT2D eigenvalue weighted by Gasteiger charge is -2.06. The van der Waals surface area contributed by atoms with Crippen molar-refractivity contribution in [1.82, 2.24) is 0 Å². The van der Waals surface area contributed by atoms with Crippen molar-refractivity contribution in [2.24, 2.45) is 0 Å². The van der Waals surface area contributed by atoms with Crippen LogP contribution in [0.2, 0.25) is 0 Å². The first-order valence-corrected chi connectivity index (χ1v) is 6.01. The van der Waals surface area contributed by atoms with E-state index in [1.165, 1.54) is 0 Å². The molecule has 19 heavy (non-hydrogen) atoms. The molecule has 4 nitrogen and oxygen atoms in total. The van der Waals surface area contributed by atoms with E-state index in [-0.39, 0.29) is 11.8 Å². The molecule has 0 aromatic heterocycles. The number of benzene rings is 2. The summed E-state index contributed by atoms with van der Waals surface area (Å²) in [7, 11) is 0. The Morgan fingerprint density at radius 3 is 2.68 bits per heavy atom. The van der Waals surface area contributed by atoms with Gasteiger partial charge in [0.1, 0.15) is 0 Å². The number of hydrogen-bond donors (Lipinski definition) is 2. The first-order chi connectivity index (χ1) is 9.22. The Balaban J connectivity index is 1.80. The van der Waals surface area contributed by atoms with E-state index in [1.54, 1.807) is 24.3 Å². The zero-order valence-corrected chi connectivity index (χ0v) is 10.1. The topological polar surface area (TPSA) is 58.2 Å². The molecule has 0 fully saturated rings. The molecule has 4 heteroatoms. The van der Waals surface area contributed by atoms with E-state index in [1.807, 2.05) is 24.3 Å². The highest BCUT2D eigenvalue weighted by Crippen LogP contribution is 2.26. The fourth-order valence-corrected chi connectivity index (χ4v) is 2.10. The van der Waals surface area contributed by atoms with Crippen LogP contribution in [-0.4, -0.2) is 11.8 Å². The van der Waals surface area contributed by atoms with Crippen molar-refractivity contribution in [3.05, 3.63) is 59.7 Å². The van der Waals surface area contributed by atoms with Gasteiger partial charge < -0.3 is 10.6 Å². The average molecular weight is 252 g/mol. The minimum absolute atomic E-state index is 0.0125. The maximum atomic E-state index is 12.0. The first-order valence-electron chi connectivity index (χ1n) is 6.01. The van der Waals surface area contributed by atoms with Gasteiger partial charge >= 0.3 is 0 Å². The molecule has 0 saturated carbocycles. The van der Waals surface area contributed by atoms with Gasteiger partial charge in [0.05, 0.1) is 6.42 Å². The molecule has 2 N–H and O–H groups in total. The largest absolute Gasteiger partial charge is 0.326 e. The molecule has 2 aromatic rings. The van der Waals surface area contributed by atoms with Gasteiger partial charge in [-0.2, -0.15) is 0 Å². The van der Waals surface area contributed by atoms with Gasteiger partial charge in [-0.05, 0) is 35.9 Å². The molecule has 1 aliphatic rings. The van der Waals surface area contributed by atoms with Gasteiger partial charge in [0.15, 0.2) is 0 Å². The second-order valence-corrected chi connectivity index (χ2v) is 4.42. The van der Waals surface area contributed by atoms with Gasteiger partial charge in [-0.3, -0.25) is 9.59 Å². The Labute approximate surface area is 110 Å². The zero-order valence-electron chi connectivity index (χ0n) is 10.1. The van der Waals surface area contributed by atoms with Crippen molar-refractivity contribution >= 4 is 23.2 Å². The standard InChI is InChI=1S/C15H12N2O2/c18-14-9-11-8-12(6-7-13(11)17-14)16-15(19)10-4-2-1-3-5-10/h1-8H,9H2,(H,16,19)(H,17,18). The maximum Gasteiger partial charge on any atom is 0.255 e. The highest BCUT2D eigenvalue weighted by molar-refractivity contribution is 6.05. The number of carbonyl (C=O) groups excluding carboxylic acids is 2. The second-order valence-electron chi connectivity index (χ2n) is 4.42. The summed E-state index contributed by atoms with van der Waals surface area (Å²) in [5.74, 6) is -0.167. The quantitative estimate of drug-likeness (QED) is 0.862. The van der Waals surface area contributed by atoms with Crippen LogP contribution in [0.15, 0.2) is 48.5 Å². The summed E-state index contributed by atoms with van der Waals surface area (Å²) in [6.07, 6.45) is 0.365. The van der Waals surface area contributed by atoms with E-state index in [2.05, 4.69) is 10.6 Å². The molecule has 0 saturated heterocycles. The van der Waals surface area contributed by atoms with E-state index in [0.29, 0.717) is 17.7 Å². The van der Waals surface area contributed by atoms with Gasteiger partial charge in [-0.1, -0.05) is 18.2 Å². The number of nitrogens with one attached hydrogen (secondary N) is 2. The highest BCUT2D eigenvalue weighted by atomic mass is 16.2. The number of amides is 2. The van der Waals surface area contributed by atoms with E-state index < -0.39 is 0 Å². The van der Waals surface area contributed by atoms with Gasteiger partial charge in [-0.15, -0.1) is 0 Å². The lowest BCUT2D eigenvalue weighted by molar-refractivity contribution is -0.115. The van der Waals surface area contributed by atoms with Crippen LogP contribution in [0.1, 0.15) is 15.9 Å². The molecule has 0 radical (unpaired) electrons. The minimum Gasteiger partial charge on any atom is -0.326 e. The lowest BCUT2D eigenvalue weighted by atomic mass is 10.1. The second kappa shape index (κ2) is 4.57. The normalized spacial score (nSPS) is 12.7. The Kier molecular flexibility index (Phi) is 2.76. The molecule has 2 amide bonds. The van der Waals surface area contributed by atoms with Gasteiger partial charge in [0, 0.05) is 16.9 Å². The molecule has 1 heterocycles. The molecule has 2 aromatic carbocycles. The molecule has 0 unspecified atom stereocenters. The van der Waals surface area contributed by atoms with Crippen LogP contribution in [0.5, 0.6) is 0 Å². The molecule has 94 valence electrons. The van der Waals surface area contributed by atoms with E-state index in [0.717, 1.165) is 11.3 Å². The Morgan fingerprint density at radius 2 is 1.89 bits per heavy atom. The summed E-state index contributed by atoms with van der Waals surface area (Å²) in [6, 6.07) is 14.4. The summed E-state index contributed by atoms with van der Waals surface area (Å²) in [5.41, 5.74) is 3.04. The van der Waals surface area contributed by atoms with Gasteiger partial charge in [0.25, 0.3) is 5.91 Å². The Bertz CT molecular complexity index is 650. The van der Waals surface area contributed by atoms with Crippen LogP contribution in [0, 0.1) is 0 Å². The van der Waals surface area contributed by atoms with E-state index >= 15 is 0 Å². The van der Waals surface area contributed by atoms with Gasteiger partial charge in [0.2, 0.25) is 5.91 Å².